The van der Waals surface area contributed by atoms with E-state index in [1.807, 2.05) is 23.3 Å². The Bertz CT molecular complexity index is 629. The molecule has 138 valence electrons. The first-order chi connectivity index (χ1) is 12.1. The summed E-state index contributed by atoms with van der Waals surface area (Å²) in [4.78, 5) is 26.3. The van der Waals surface area contributed by atoms with Crippen molar-refractivity contribution in [1.29, 1.82) is 0 Å². The molecular formula is C17H27N5O2S. The first kappa shape index (κ1) is 18.2. The molecule has 7 nitrogen and oxygen atoms in total. The number of rotatable bonds is 7. The van der Waals surface area contributed by atoms with Crippen molar-refractivity contribution in [3.8, 4) is 0 Å². The lowest BCUT2D eigenvalue weighted by atomic mass is 10.2. The van der Waals surface area contributed by atoms with Gasteiger partial charge in [-0.3, -0.25) is 9.59 Å². The van der Waals surface area contributed by atoms with E-state index in [1.54, 1.807) is 0 Å². The Hall–Kier alpha value is -1.57. The summed E-state index contributed by atoms with van der Waals surface area (Å²) in [5, 5.41) is 12.1. The predicted octanol–water partition coefficient (Wildman–Crippen LogP) is 1.96. The fourth-order valence-electron chi connectivity index (χ4n) is 2.98. The fourth-order valence-corrected chi connectivity index (χ4v) is 3.92. The number of hydrogen-bond acceptors (Lipinski definition) is 5. The van der Waals surface area contributed by atoms with Gasteiger partial charge >= 0.3 is 0 Å². The summed E-state index contributed by atoms with van der Waals surface area (Å²) in [5.41, 5.74) is 0. The summed E-state index contributed by atoms with van der Waals surface area (Å²) < 4.78 is 2.02. The van der Waals surface area contributed by atoms with Crippen molar-refractivity contribution in [3.63, 3.8) is 0 Å². The van der Waals surface area contributed by atoms with Gasteiger partial charge in [0.15, 0.2) is 11.0 Å². The van der Waals surface area contributed by atoms with Crippen molar-refractivity contribution in [1.82, 2.24) is 25.0 Å². The van der Waals surface area contributed by atoms with Gasteiger partial charge in [-0.05, 0) is 39.5 Å². The Balaban J connectivity index is 1.65. The first-order valence-corrected chi connectivity index (χ1v) is 10.1. The molecule has 1 aliphatic carbocycles. The Labute approximate surface area is 152 Å². The van der Waals surface area contributed by atoms with Crippen LogP contribution in [-0.4, -0.2) is 49.3 Å². The van der Waals surface area contributed by atoms with Gasteiger partial charge in [-0.15, -0.1) is 10.2 Å². The van der Waals surface area contributed by atoms with E-state index in [9.17, 15) is 9.59 Å². The normalized spacial score (nSPS) is 19.6. The minimum absolute atomic E-state index is 0.0578. The van der Waals surface area contributed by atoms with Crippen molar-refractivity contribution >= 4 is 23.6 Å². The molecular weight excluding hydrogens is 338 g/mol. The second kappa shape index (κ2) is 8.21. The van der Waals surface area contributed by atoms with Gasteiger partial charge in [0.05, 0.1) is 11.8 Å². The van der Waals surface area contributed by atoms with E-state index in [0.717, 1.165) is 56.2 Å². The quantitative estimate of drug-likeness (QED) is 0.747. The zero-order chi connectivity index (χ0) is 17.8. The van der Waals surface area contributed by atoms with Crippen molar-refractivity contribution in [3.05, 3.63) is 5.82 Å². The van der Waals surface area contributed by atoms with E-state index in [0.29, 0.717) is 19.0 Å². The predicted molar refractivity (Wildman–Crippen MR) is 96.1 cm³/mol. The summed E-state index contributed by atoms with van der Waals surface area (Å²) in [7, 11) is 0. The van der Waals surface area contributed by atoms with Crippen LogP contribution in [0.3, 0.4) is 0 Å². The van der Waals surface area contributed by atoms with Gasteiger partial charge in [-0.25, -0.2) is 0 Å². The van der Waals surface area contributed by atoms with Gasteiger partial charge in [0.25, 0.3) is 0 Å². The molecule has 3 rings (SSSR count). The molecule has 1 saturated heterocycles. The van der Waals surface area contributed by atoms with E-state index in [1.165, 1.54) is 11.8 Å². The van der Waals surface area contributed by atoms with Crippen molar-refractivity contribution < 1.29 is 9.59 Å². The summed E-state index contributed by atoms with van der Waals surface area (Å²) in [6.45, 7) is 5.95. The number of nitrogens with zero attached hydrogens (tertiary/aromatic N) is 4. The molecule has 0 bridgehead atoms. The molecule has 0 aromatic carbocycles. The smallest absolute Gasteiger partial charge is 0.233 e. The molecule has 0 spiro atoms. The highest BCUT2D eigenvalue weighted by molar-refractivity contribution is 8.00. The zero-order valence-corrected chi connectivity index (χ0v) is 15.8. The second-order valence-electron chi connectivity index (χ2n) is 6.81. The lowest BCUT2D eigenvalue weighted by molar-refractivity contribution is -0.131. The van der Waals surface area contributed by atoms with E-state index < -0.39 is 0 Å². The zero-order valence-electron chi connectivity index (χ0n) is 15.0. The minimum atomic E-state index is -0.206. The SMILES string of the molecule is CCn1c(CN2CCCCCC2=O)nnc1S[C@H](C)C(=O)NC1CC1. The highest BCUT2D eigenvalue weighted by Crippen LogP contribution is 2.25. The van der Waals surface area contributed by atoms with Gasteiger partial charge in [-0.1, -0.05) is 18.2 Å². The molecule has 0 radical (unpaired) electrons. The van der Waals surface area contributed by atoms with Crippen LogP contribution in [0.4, 0.5) is 0 Å². The average molecular weight is 366 g/mol. The minimum Gasteiger partial charge on any atom is -0.352 e. The van der Waals surface area contributed by atoms with Crippen LogP contribution >= 0.6 is 11.8 Å². The van der Waals surface area contributed by atoms with Gasteiger partial charge in [0.1, 0.15) is 0 Å². The topological polar surface area (TPSA) is 80.1 Å². The highest BCUT2D eigenvalue weighted by Gasteiger charge is 2.27. The number of aromatic nitrogens is 3. The standard InChI is InChI=1S/C17H27N5O2S/c1-3-22-14(11-21-10-6-4-5-7-15(21)23)19-20-17(22)25-12(2)16(24)18-13-8-9-13/h12-13H,3-11H2,1-2H3,(H,18,24)/t12-/m1/s1. The number of nitrogens with one attached hydrogen (secondary N) is 1. The molecule has 2 amide bonds. The molecule has 1 aromatic heterocycles. The number of carbonyl (C=O) groups excluding carboxylic acids is 2. The van der Waals surface area contributed by atoms with Crippen LogP contribution in [0.15, 0.2) is 5.16 Å². The van der Waals surface area contributed by atoms with Crippen LogP contribution in [-0.2, 0) is 22.7 Å². The molecule has 1 aromatic rings. The molecule has 1 N–H and O–H groups in total. The second-order valence-corrected chi connectivity index (χ2v) is 8.12. The van der Waals surface area contributed by atoms with E-state index >= 15 is 0 Å². The third kappa shape index (κ3) is 4.74. The molecule has 0 unspecified atom stereocenters. The largest absolute Gasteiger partial charge is 0.352 e. The van der Waals surface area contributed by atoms with Crippen molar-refractivity contribution in [2.45, 2.75) is 81.9 Å². The van der Waals surface area contributed by atoms with E-state index in [-0.39, 0.29) is 17.1 Å². The van der Waals surface area contributed by atoms with Crippen LogP contribution in [0.25, 0.3) is 0 Å². The number of thioether (sulfide) groups is 1. The van der Waals surface area contributed by atoms with Gasteiger partial charge < -0.3 is 14.8 Å². The Morgan fingerprint density at radius 1 is 1.32 bits per heavy atom. The van der Waals surface area contributed by atoms with Crippen LogP contribution in [0.1, 0.15) is 58.2 Å². The summed E-state index contributed by atoms with van der Waals surface area (Å²) in [6, 6.07) is 0.365. The Kier molecular flexibility index (Phi) is 5.98. The molecule has 25 heavy (non-hydrogen) atoms. The molecule has 2 heterocycles. The van der Waals surface area contributed by atoms with Crippen molar-refractivity contribution in [2.75, 3.05) is 6.54 Å². The molecule has 1 atom stereocenters. The lowest BCUT2D eigenvalue weighted by Gasteiger charge is -2.20. The van der Waals surface area contributed by atoms with Gasteiger partial charge in [0.2, 0.25) is 11.8 Å². The molecule has 8 heteroatoms. The van der Waals surface area contributed by atoms with E-state index in [4.69, 9.17) is 0 Å². The molecule has 1 aliphatic heterocycles. The Morgan fingerprint density at radius 3 is 2.84 bits per heavy atom. The first-order valence-electron chi connectivity index (χ1n) is 9.25. The number of amides is 2. The summed E-state index contributed by atoms with van der Waals surface area (Å²) in [5.74, 6) is 1.06. The number of hydrogen-bond donors (Lipinski definition) is 1. The third-order valence-electron chi connectivity index (χ3n) is 4.69. The monoisotopic (exact) mass is 365 g/mol. The number of carbonyl (C=O) groups is 2. The highest BCUT2D eigenvalue weighted by atomic mass is 32.2. The summed E-state index contributed by atoms with van der Waals surface area (Å²) >= 11 is 1.43. The van der Waals surface area contributed by atoms with Crippen LogP contribution < -0.4 is 5.32 Å². The van der Waals surface area contributed by atoms with E-state index in [2.05, 4.69) is 15.5 Å². The lowest BCUT2D eigenvalue weighted by Crippen LogP contribution is -2.32. The van der Waals surface area contributed by atoms with Gasteiger partial charge in [0, 0.05) is 25.6 Å². The van der Waals surface area contributed by atoms with Crippen LogP contribution in [0.5, 0.6) is 0 Å². The maximum Gasteiger partial charge on any atom is 0.233 e. The maximum absolute atomic E-state index is 12.2. The van der Waals surface area contributed by atoms with Crippen LogP contribution in [0.2, 0.25) is 0 Å². The fraction of sp³-hybridized carbons (Fsp3) is 0.765. The number of likely N-dealkylation sites (tertiary alicyclic amines) is 1. The molecule has 2 fully saturated rings. The average Bonchev–Trinajstić information content (AvgIpc) is 3.35. The molecule has 2 aliphatic rings. The third-order valence-corrected chi connectivity index (χ3v) is 5.77. The van der Waals surface area contributed by atoms with Gasteiger partial charge in [-0.2, -0.15) is 0 Å². The Morgan fingerprint density at radius 2 is 2.12 bits per heavy atom. The maximum atomic E-state index is 12.2. The summed E-state index contributed by atoms with van der Waals surface area (Å²) in [6.07, 6.45) is 5.93. The van der Waals surface area contributed by atoms with Crippen LogP contribution in [0, 0.1) is 0 Å². The van der Waals surface area contributed by atoms with Crippen molar-refractivity contribution in [2.24, 2.45) is 0 Å². The molecule has 1 saturated carbocycles.